The highest BCUT2D eigenvalue weighted by atomic mass is 32.5. The fourth-order valence-electron chi connectivity index (χ4n) is 5.25. The number of thioether (sulfide) groups is 1. The highest BCUT2D eigenvalue weighted by Gasteiger charge is 2.51. The number of ether oxygens (including phenoxy) is 1. The van der Waals surface area contributed by atoms with Gasteiger partial charge in [0.1, 0.15) is 29.5 Å². The maximum Gasteiger partial charge on any atom is 0.472 e. The van der Waals surface area contributed by atoms with Gasteiger partial charge in [-0.05, 0) is 17.9 Å². The summed E-state index contributed by atoms with van der Waals surface area (Å²) in [5, 5.41) is 21.3. The van der Waals surface area contributed by atoms with Gasteiger partial charge in [-0.25, -0.2) is 14.2 Å². The van der Waals surface area contributed by atoms with Crippen LogP contribution in [0.1, 0.15) is 23.5 Å². The van der Waals surface area contributed by atoms with Crippen LogP contribution < -0.4 is 17.0 Å². The van der Waals surface area contributed by atoms with E-state index in [9.17, 15) is 24.3 Å². The molecule has 7 heterocycles. The van der Waals surface area contributed by atoms with E-state index in [1.807, 2.05) is 0 Å². The summed E-state index contributed by atoms with van der Waals surface area (Å²) in [7, 11) is -4.75. The van der Waals surface area contributed by atoms with Crippen molar-refractivity contribution in [1.29, 1.82) is 0 Å². The molecule has 2 bridgehead atoms. The molecule has 7 rings (SSSR count). The molecule has 3 saturated heterocycles. The number of aliphatic hydroxyl groups excluding tert-OH is 1. The third kappa shape index (κ3) is 5.44. The van der Waals surface area contributed by atoms with Crippen LogP contribution in [0.5, 0.6) is 0 Å². The van der Waals surface area contributed by atoms with Gasteiger partial charge in [0.05, 0.1) is 36.9 Å². The number of anilines is 2. The van der Waals surface area contributed by atoms with Gasteiger partial charge < -0.3 is 35.6 Å². The molecule has 4 aromatic heterocycles. The molecule has 2 unspecified atom stereocenters. The standard InChI is InChI=1S/C20H24N10O10P2S2/c21-12-1-2-23-16-7(4-24-29(12)16)8-3-9-10(38-8)5-37-42(35,43)40-15-14(31)11(6-36-41(33,34)39-9)44-19(15)30-17-13(27-28-30)18(32)26-20(22)25-17/h1-2,4,8-11,14-15,19,31H,3,5-6,21H2,(H,33,34)(H,35,43)(H3,22,25,26,32)/t8-,9+,10-,11-,14-,15-,19-,42?/m1/s1. The molecule has 44 heavy (non-hydrogen) atoms. The molecule has 9 atom stereocenters. The summed E-state index contributed by atoms with van der Waals surface area (Å²) in [4.78, 5) is 44.8. The van der Waals surface area contributed by atoms with Crippen molar-refractivity contribution in [2.24, 2.45) is 0 Å². The van der Waals surface area contributed by atoms with E-state index in [0.29, 0.717) is 17.0 Å². The van der Waals surface area contributed by atoms with E-state index in [1.165, 1.54) is 21.6 Å². The SMILES string of the molecule is Nc1nc2c(nnn2[C@@H]2S[C@@H]3COP(=O)(O)O[C@H]4C[C@H](c5cnn6c(N)ccnc56)O[C@@H]4COP(O)(=S)O[C@@H]2[C@@H]3O)c(=O)[nH]1. The zero-order valence-corrected chi connectivity index (χ0v) is 25.5. The number of rotatable bonds is 2. The maximum absolute atomic E-state index is 13.1. The molecular weight excluding hydrogens is 666 g/mol. The molecule has 20 nitrogen and oxygen atoms in total. The van der Waals surface area contributed by atoms with Gasteiger partial charge in [0.25, 0.3) is 5.56 Å². The summed E-state index contributed by atoms with van der Waals surface area (Å²) in [6.07, 6.45) is -2.46. The Balaban J connectivity index is 1.19. The van der Waals surface area contributed by atoms with Crippen molar-refractivity contribution in [3.05, 3.63) is 34.4 Å². The molecule has 0 aliphatic carbocycles. The van der Waals surface area contributed by atoms with Crippen LogP contribution in [-0.2, 0) is 39.2 Å². The number of nitrogens with one attached hydrogen (secondary N) is 1. The second-order valence-corrected chi connectivity index (χ2v) is 15.6. The molecule has 4 aromatic rings. The van der Waals surface area contributed by atoms with E-state index < -0.39 is 74.5 Å². The highest BCUT2D eigenvalue weighted by Crippen LogP contribution is 2.56. The van der Waals surface area contributed by atoms with Crippen LogP contribution in [0.4, 0.5) is 11.8 Å². The minimum atomic E-state index is -4.75. The lowest BCUT2D eigenvalue weighted by molar-refractivity contribution is -0.0249. The van der Waals surface area contributed by atoms with Crippen molar-refractivity contribution < 1.29 is 42.3 Å². The van der Waals surface area contributed by atoms with Crippen molar-refractivity contribution >= 4 is 66.7 Å². The maximum atomic E-state index is 13.1. The summed E-state index contributed by atoms with van der Waals surface area (Å²) in [6, 6.07) is 1.57. The van der Waals surface area contributed by atoms with Crippen LogP contribution in [-0.4, -0.2) is 97.3 Å². The Kier molecular flexibility index (Phi) is 7.55. The van der Waals surface area contributed by atoms with Crippen LogP contribution in [0.2, 0.25) is 0 Å². The van der Waals surface area contributed by atoms with Gasteiger partial charge in [-0.2, -0.15) is 14.6 Å². The van der Waals surface area contributed by atoms with E-state index >= 15 is 0 Å². The van der Waals surface area contributed by atoms with Crippen LogP contribution in [0, 0.1) is 0 Å². The molecule has 0 radical (unpaired) electrons. The second kappa shape index (κ2) is 11.0. The van der Waals surface area contributed by atoms with Crippen LogP contribution in [0.25, 0.3) is 16.8 Å². The molecule has 3 aliphatic rings. The first-order valence-electron chi connectivity index (χ1n) is 12.9. The van der Waals surface area contributed by atoms with E-state index in [0.717, 1.165) is 11.8 Å². The molecule has 3 fully saturated rings. The zero-order chi connectivity index (χ0) is 31.0. The molecule has 24 heteroatoms. The number of aliphatic hydroxyl groups is 1. The lowest BCUT2D eigenvalue weighted by Gasteiger charge is -2.27. The van der Waals surface area contributed by atoms with Crippen LogP contribution in [0.3, 0.4) is 0 Å². The van der Waals surface area contributed by atoms with Gasteiger partial charge in [0, 0.05) is 18.2 Å². The molecule has 0 amide bonds. The van der Waals surface area contributed by atoms with E-state index in [4.69, 9.17) is 46.1 Å². The minimum Gasteiger partial charge on any atom is -0.389 e. The van der Waals surface area contributed by atoms with E-state index in [1.54, 1.807) is 6.07 Å². The molecule has 0 aromatic carbocycles. The van der Waals surface area contributed by atoms with Crippen LogP contribution >= 0.6 is 26.3 Å². The number of phosphoric acid groups is 1. The third-order valence-corrected chi connectivity index (χ3v) is 11.3. The summed E-state index contributed by atoms with van der Waals surface area (Å²) in [6.45, 7) is -5.05. The van der Waals surface area contributed by atoms with Crippen molar-refractivity contribution in [1.82, 2.24) is 39.6 Å². The Morgan fingerprint density at radius 2 is 1.98 bits per heavy atom. The molecular formula is C20H24N10O10P2S2. The number of nitrogens with two attached hydrogens (primary N) is 2. The van der Waals surface area contributed by atoms with E-state index in [-0.39, 0.29) is 23.5 Å². The first-order chi connectivity index (χ1) is 20.9. The van der Waals surface area contributed by atoms with Gasteiger partial charge >= 0.3 is 14.5 Å². The number of H-pyrrole nitrogens is 1. The summed E-state index contributed by atoms with van der Waals surface area (Å²) in [5.41, 5.74) is 11.8. The van der Waals surface area contributed by atoms with Crippen molar-refractivity contribution in [2.45, 2.75) is 47.6 Å². The lowest BCUT2D eigenvalue weighted by atomic mass is 10.1. The fourth-order valence-corrected chi connectivity index (χ4v) is 9.28. The Morgan fingerprint density at radius 1 is 1.16 bits per heavy atom. The number of aromatic amines is 1. The smallest absolute Gasteiger partial charge is 0.389 e. The van der Waals surface area contributed by atoms with Crippen molar-refractivity contribution in [3.8, 4) is 0 Å². The topological polar surface area (TPSA) is 283 Å². The Hall–Kier alpha value is -2.59. The number of hydrogen-bond donors (Lipinski definition) is 6. The Bertz CT molecular complexity index is 1910. The van der Waals surface area contributed by atoms with Crippen LogP contribution in [0.15, 0.2) is 23.3 Å². The number of aromatic nitrogens is 8. The zero-order valence-electron chi connectivity index (χ0n) is 22.1. The predicted octanol–water partition coefficient (Wildman–Crippen LogP) is -0.639. The lowest BCUT2D eigenvalue weighted by Crippen LogP contribution is -2.35. The number of nitrogens with zero attached hydrogens (tertiary/aromatic N) is 7. The summed E-state index contributed by atoms with van der Waals surface area (Å²) in [5.74, 6) is 0.126. The fraction of sp³-hybridized carbons (Fsp3) is 0.500. The second-order valence-electron chi connectivity index (χ2n) is 10.1. The molecule has 0 spiro atoms. The normalized spacial score (nSPS) is 36.6. The van der Waals surface area contributed by atoms with Crippen molar-refractivity contribution in [2.75, 3.05) is 24.7 Å². The summed E-state index contributed by atoms with van der Waals surface area (Å²) >= 11 is 6.27. The average Bonchev–Trinajstić information content (AvgIpc) is 3.72. The molecule has 3 aliphatic heterocycles. The number of phosphoric ester groups is 1. The average molecular weight is 691 g/mol. The van der Waals surface area contributed by atoms with Gasteiger partial charge in [-0.15, -0.1) is 16.9 Å². The number of nitrogen functional groups attached to an aromatic ring is 2. The Morgan fingerprint density at radius 3 is 2.80 bits per heavy atom. The first-order valence-corrected chi connectivity index (χ1v) is 17.9. The largest absolute Gasteiger partial charge is 0.472 e. The van der Waals surface area contributed by atoms with E-state index in [2.05, 4.69) is 30.4 Å². The van der Waals surface area contributed by atoms with Gasteiger partial charge in [0.2, 0.25) is 5.95 Å². The first kappa shape index (κ1) is 30.1. The monoisotopic (exact) mass is 690 g/mol. The summed E-state index contributed by atoms with van der Waals surface area (Å²) < 4.78 is 44.1. The predicted molar refractivity (Wildman–Crippen MR) is 154 cm³/mol. The number of hydrogen-bond acceptors (Lipinski definition) is 17. The molecule has 8 N–H and O–H groups in total. The molecule has 236 valence electrons. The highest BCUT2D eigenvalue weighted by molar-refractivity contribution is 8.07. The van der Waals surface area contributed by atoms with Gasteiger partial charge in [0.15, 0.2) is 16.8 Å². The van der Waals surface area contributed by atoms with Gasteiger partial charge in [-0.3, -0.25) is 23.3 Å². The quantitative estimate of drug-likeness (QED) is 0.143. The van der Waals surface area contributed by atoms with Gasteiger partial charge in [-0.1, -0.05) is 5.21 Å². The molecule has 0 saturated carbocycles. The third-order valence-electron chi connectivity index (χ3n) is 7.24. The minimum absolute atomic E-state index is 0.0345. The van der Waals surface area contributed by atoms with Crippen molar-refractivity contribution in [3.63, 3.8) is 0 Å². The Labute approximate surface area is 254 Å². The number of fused-ring (bicyclic) bond motifs is 5.